The van der Waals surface area contributed by atoms with E-state index >= 15 is 0 Å². The number of hydrogen-bond acceptors (Lipinski definition) is 2. The Balaban J connectivity index is 0.992. The number of nitrogens with zero attached hydrogens (tertiary/aromatic N) is 1. The van der Waals surface area contributed by atoms with Crippen molar-refractivity contribution in [1.82, 2.24) is 0 Å². The summed E-state index contributed by atoms with van der Waals surface area (Å²) in [4.78, 5) is 2.48. The first-order valence-electron chi connectivity index (χ1n) is 24.4. The van der Waals surface area contributed by atoms with E-state index in [9.17, 15) is 0 Å². The molecule has 0 bridgehead atoms. The summed E-state index contributed by atoms with van der Waals surface area (Å²) < 4.78 is 6.65. The first-order valence-corrected chi connectivity index (χ1v) is 24.4. The summed E-state index contributed by atoms with van der Waals surface area (Å²) in [5.41, 5.74) is 22.1. The van der Waals surface area contributed by atoms with Gasteiger partial charge < -0.3 is 9.32 Å². The molecule has 1 heterocycles. The third kappa shape index (κ3) is 5.74. The van der Waals surface area contributed by atoms with Gasteiger partial charge in [-0.2, -0.15) is 0 Å². The molecule has 2 heteroatoms. The highest BCUT2D eigenvalue weighted by atomic mass is 16.3. The van der Waals surface area contributed by atoms with E-state index in [1.807, 2.05) is 0 Å². The van der Waals surface area contributed by atoms with E-state index in [1.165, 1.54) is 72.1 Å². The van der Waals surface area contributed by atoms with Gasteiger partial charge in [-0.3, -0.25) is 0 Å². The molecule has 0 radical (unpaired) electrons. The van der Waals surface area contributed by atoms with Gasteiger partial charge >= 0.3 is 0 Å². The van der Waals surface area contributed by atoms with E-state index in [0.29, 0.717) is 0 Å². The molecule has 330 valence electrons. The summed E-state index contributed by atoms with van der Waals surface area (Å²) in [5.74, 6) is 0. The summed E-state index contributed by atoms with van der Waals surface area (Å²) >= 11 is 0. The molecule has 0 N–H and O–H groups in total. The number of para-hydroxylation sites is 1. The van der Waals surface area contributed by atoms with Crippen LogP contribution in [0.1, 0.15) is 47.2 Å². The number of fused-ring (bicyclic) bond motifs is 11. The summed E-state index contributed by atoms with van der Waals surface area (Å²) in [6.07, 6.45) is 0. The molecule has 70 heavy (non-hydrogen) atoms. The van der Waals surface area contributed by atoms with Crippen molar-refractivity contribution in [2.45, 2.75) is 24.7 Å². The summed E-state index contributed by atoms with van der Waals surface area (Å²) in [6, 6.07) is 91.8. The number of furan rings is 1. The molecule has 0 fully saturated rings. The molecule has 2 aliphatic carbocycles. The fraction of sp³-hybridized carbons (Fsp3) is 0.0588. The Hall–Kier alpha value is -8.72. The zero-order chi connectivity index (χ0) is 46.6. The van der Waals surface area contributed by atoms with Crippen LogP contribution in [0.5, 0.6) is 0 Å². The maximum absolute atomic E-state index is 6.65. The molecule has 0 saturated carbocycles. The standard InChI is InChI=1S/C68H47NO/c1-67(2)58-30-14-12-27-55(58)64-54(29-17-32-61(64)67)53-26-13-16-33-62(53)69(48-38-35-45(36-39-48)50-28-18-34-63-65(50)56-41-37-44-19-9-10-24-51(44)66(56)70-63)49-40-42-60-57(43-49)52-25-11-15-31-59(52)68(60,46-20-5-3-6-21-46)47-22-7-4-8-23-47/h3-43H,1-2H3. The molecule has 14 rings (SSSR count). The van der Waals surface area contributed by atoms with Gasteiger partial charge in [-0.05, 0) is 120 Å². The maximum Gasteiger partial charge on any atom is 0.143 e. The highest BCUT2D eigenvalue weighted by Crippen LogP contribution is 2.58. The summed E-state index contributed by atoms with van der Waals surface area (Å²) in [7, 11) is 0. The molecule has 0 atom stereocenters. The van der Waals surface area contributed by atoms with E-state index < -0.39 is 5.41 Å². The van der Waals surface area contributed by atoms with Gasteiger partial charge in [0, 0.05) is 38.5 Å². The van der Waals surface area contributed by atoms with Crippen LogP contribution in [0, 0.1) is 0 Å². The Kier molecular flexibility index (Phi) is 8.88. The minimum Gasteiger partial charge on any atom is -0.455 e. The van der Waals surface area contributed by atoms with Crippen LogP contribution < -0.4 is 4.90 Å². The monoisotopic (exact) mass is 893 g/mol. The SMILES string of the molecule is CC1(C)c2ccccc2-c2c(-c3ccccc3N(c3ccc(-c4cccc5oc6c7ccccc7ccc6c45)cc3)c3ccc4c(c3)-c3ccccc3C4(c3ccccc3)c3ccccc3)cccc21. The predicted octanol–water partition coefficient (Wildman–Crippen LogP) is 18.2. The molecule has 11 aromatic carbocycles. The Morgan fingerprint density at radius 2 is 0.957 bits per heavy atom. The smallest absolute Gasteiger partial charge is 0.143 e. The minimum absolute atomic E-state index is 0.125. The second-order valence-electron chi connectivity index (χ2n) is 19.5. The number of hydrogen-bond donors (Lipinski definition) is 0. The third-order valence-electron chi connectivity index (χ3n) is 15.6. The largest absolute Gasteiger partial charge is 0.455 e. The Morgan fingerprint density at radius 1 is 0.371 bits per heavy atom. The first kappa shape index (κ1) is 40.4. The second kappa shape index (κ2) is 15.4. The van der Waals surface area contributed by atoms with Crippen molar-refractivity contribution in [3.63, 3.8) is 0 Å². The minimum atomic E-state index is -0.493. The van der Waals surface area contributed by atoms with Crippen molar-refractivity contribution >= 4 is 49.8 Å². The van der Waals surface area contributed by atoms with Crippen LogP contribution in [0.2, 0.25) is 0 Å². The molecule has 0 spiro atoms. The molecular formula is C68H47NO. The summed E-state index contributed by atoms with van der Waals surface area (Å²) in [6.45, 7) is 4.73. The lowest BCUT2D eigenvalue weighted by Gasteiger charge is -2.34. The average Bonchev–Trinajstić information content (AvgIpc) is 4.04. The summed E-state index contributed by atoms with van der Waals surface area (Å²) in [5, 5.41) is 4.57. The number of benzene rings is 11. The molecule has 2 nitrogen and oxygen atoms in total. The quantitative estimate of drug-likeness (QED) is 0.158. The van der Waals surface area contributed by atoms with Crippen LogP contribution >= 0.6 is 0 Å². The van der Waals surface area contributed by atoms with Crippen LogP contribution in [0.15, 0.2) is 253 Å². The number of rotatable bonds is 7. The van der Waals surface area contributed by atoms with Gasteiger partial charge in [0.05, 0.1) is 11.1 Å². The first-order chi connectivity index (χ1) is 34.5. The van der Waals surface area contributed by atoms with E-state index in [1.54, 1.807) is 0 Å². The Bertz CT molecular complexity index is 3990. The maximum atomic E-state index is 6.65. The predicted molar refractivity (Wildman–Crippen MR) is 292 cm³/mol. The van der Waals surface area contributed by atoms with Crippen molar-refractivity contribution in [3.05, 3.63) is 282 Å². The topological polar surface area (TPSA) is 16.4 Å². The van der Waals surface area contributed by atoms with E-state index in [-0.39, 0.29) is 5.41 Å². The van der Waals surface area contributed by atoms with Crippen LogP contribution in [-0.2, 0) is 10.8 Å². The normalized spacial score (nSPS) is 13.8. The van der Waals surface area contributed by atoms with Gasteiger partial charge in [-0.25, -0.2) is 0 Å². The lowest BCUT2D eigenvalue weighted by Crippen LogP contribution is -2.28. The van der Waals surface area contributed by atoms with Crippen LogP contribution in [0.3, 0.4) is 0 Å². The van der Waals surface area contributed by atoms with Crippen molar-refractivity contribution in [3.8, 4) is 44.5 Å². The van der Waals surface area contributed by atoms with Gasteiger partial charge in [0.1, 0.15) is 11.2 Å². The van der Waals surface area contributed by atoms with Gasteiger partial charge in [0.25, 0.3) is 0 Å². The Morgan fingerprint density at radius 3 is 1.74 bits per heavy atom. The van der Waals surface area contributed by atoms with Crippen molar-refractivity contribution in [1.29, 1.82) is 0 Å². The highest BCUT2D eigenvalue weighted by molar-refractivity contribution is 6.19. The van der Waals surface area contributed by atoms with Crippen molar-refractivity contribution in [2.75, 3.05) is 4.90 Å². The second-order valence-corrected chi connectivity index (χ2v) is 19.5. The fourth-order valence-electron chi connectivity index (χ4n) is 12.5. The molecule has 0 amide bonds. The lowest BCUT2D eigenvalue weighted by molar-refractivity contribution is 0.660. The highest BCUT2D eigenvalue weighted by Gasteiger charge is 2.46. The van der Waals surface area contributed by atoms with Crippen molar-refractivity contribution in [2.24, 2.45) is 0 Å². The Labute approximate surface area is 408 Å². The van der Waals surface area contributed by atoms with Crippen LogP contribution in [-0.4, -0.2) is 0 Å². The molecule has 2 aliphatic rings. The molecular weight excluding hydrogens is 847 g/mol. The molecule has 1 aromatic heterocycles. The molecule has 0 aliphatic heterocycles. The molecule has 12 aromatic rings. The van der Waals surface area contributed by atoms with E-state index in [4.69, 9.17) is 4.42 Å². The third-order valence-corrected chi connectivity index (χ3v) is 15.6. The fourth-order valence-corrected chi connectivity index (χ4v) is 12.5. The van der Waals surface area contributed by atoms with E-state index in [0.717, 1.165) is 55.5 Å². The van der Waals surface area contributed by atoms with Gasteiger partial charge in [-0.1, -0.05) is 220 Å². The van der Waals surface area contributed by atoms with Crippen molar-refractivity contribution < 1.29 is 4.42 Å². The zero-order valence-corrected chi connectivity index (χ0v) is 39.0. The van der Waals surface area contributed by atoms with E-state index in [2.05, 4.69) is 267 Å². The van der Waals surface area contributed by atoms with Crippen LogP contribution in [0.4, 0.5) is 17.1 Å². The zero-order valence-electron chi connectivity index (χ0n) is 39.0. The van der Waals surface area contributed by atoms with Gasteiger partial charge in [0.15, 0.2) is 0 Å². The molecule has 0 unspecified atom stereocenters. The van der Waals surface area contributed by atoms with Gasteiger partial charge in [0.2, 0.25) is 0 Å². The molecule has 0 saturated heterocycles. The van der Waals surface area contributed by atoms with Gasteiger partial charge in [-0.15, -0.1) is 0 Å². The lowest BCUT2D eigenvalue weighted by atomic mass is 9.68. The average molecular weight is 894 g/mol. The van der Waals surface area contributed by atoms with Crippen LogP contribution in [0.25, 0.3) is 77.2 Å². The number of anilines is 3.